The molecule has 2 aliphatic heterocycles. The van der Waals surface area contributed by atoms with Gasteiger partial charge in [-0.1, -0.05) is 12.1 Å². The highest BCUT2D eigenvalue weighted by Gasteiger charge is 2.56. The second kappa shape index (κ2) is 5.06. The van der Waals surface area contributed by atoms with Crippen molar-refractivity contribution in [3.63, 3.8) is 0 Å². The average Bonchev–Trinajstić information content (AvgIpc) is 3.13. The van der Waals surface area contributed by atoms with Crippen LogP contribution in [0.3, 0.4) is 0 Å². The molecule has 0 amide bonds. The maximum atomic E-state index is 9.49. The van der Waals surface area contributed by atoms with Crippen molar-refractivity contribution in [3.05, 3.63) is 48.0 Å². The molecule has 2 fully saturated rings. The zero-order valence-electron chi connectivity index (χ0n) is 13.3. The first-order chi connectivity index (χ1) is 10.9. The Morgan fingerprint density at radius 2 is 1.83 bits per heavy atom. The Morgan fingerprint density at radius 3 is 2.48 bits per heavy atom. The molecule has 2 aliphatic rings. The fourth-order valence-corrected chi connectivity index (χ4v) is 3.33. The summed E-state index contributed by atoms with van der Waals surface area (Å²) in [4.78, 5) is 4.27. The van der Waals surface area contributed by atoms with E-state index in [0.717, 1.165) is 11.3 Å². The fraction of sp³-hybridized carbons (Fsp3) is 0.471. The molecule has 3 heterocycles. The first kappa shape index (κ1) is 14.7. The van der Waals surface area contributed by atoms with E-state index in [0.29, 0.717) is 0 Å². The highest BCUT2D eigenvalue weighted by atomic mass is 16.8. The van der Waals surface area contributed by atoms with Crippen LogP contribution >= 0.6 is 0 Å². The standard InChI is InChI=1S/C17H20N2O4/c1-10-8-19(9-18-10)16-15-14(22-17(2,3)23-15)13(21-16)11-4-6-12(20)7-5-11/h4-9,13-16,20H,1-3H3/t13-,14-,15-,16+/m0/s1. The number of hydrogen-bond acceptors (Lipinski definition) is 5. The molecule has 0 radical (unpaired) electrons. The molecule has 0 spiro atoms. The lowest BCUT2D eigenvalue weighted by Gasteiger charge is -2.24. The summed E-state index contributed by atoms with van der Waals surface area (Å²) < 4.78 is 20.3. The van der Waals surface area contributed by atoms with Crippen molar-refractivity contribution < 1.29 is 19.3 Å². The number of aryl methyl sites for hydroxylation is 1. The molecule has 2 aromatic rings. The summed E-state index contributed by atoms with van der Waals surface area (Å²) in [6.07, 6.45) is 2.73. The van der Waals surface area contributed by atoms with Crippen LogP contribution in [0.4, 0.5) is 0 Å². The number of hydrogen-bond donors (Lipinski definition) is 1. The molecule has 1 N–H and O–H groups in total. The third-order valence-corrected chi connectivity index (χ3v) is 4.28. The van der Waals surface area contributed by atoms with Crippen LogP contribution in [0, 0.1) is 6.92 Å². The number of benzene rings is 1. The third kappa shape index (κ3) is 2.52. The smallest absolute Gasteiger partial charge is 0.164 e. The van der Waals surface area contributed by atoms with Gasteiger partial charge < -0.3 is 23.9 Å². The highest BCUT2D eigenvalue weighted by molar-refractivity contribution is 5.29. The zero-order valence-corrected chi connectivity index (χ0v) is 13.3. The van der Waals surface area contributed by atoms with E-state index >= 15 is 0 Å². The van der Waals surface area contributed by atoms with Crippen LogP contribution in [-0.2, 0) is 14.2 Å². The van der Waals surface area contributed by atoms with Gasteiger partial charge >= 0.3 is 0 Å². The van der Waals surface area contributed by atoms with Gasteiger partial charge in [0, 0.05) is 6.20 Å². The molecule has 0 aliphatic carbocycles. The molecule has 6 nitrogen and oxygen atoms in total. The van der Waals surface area contributed by atoms with E-state index in [2.05, 4.69) is 4.98 Å². The molecule has 0 saturated carbocycles. The molecule has 2 saturated heterocycles. The van der Waals surface area contributed by atoms with E-state index in [1.807, 2.05) is 43.7 Å². The molecule has 0 bridgehead atoms. The van der Waals surface area contributed by atoms with Gasteiger partial charge in [0.05, 0.1) is 12.0 Å². The molecule has 23 heavy (non-hydrogen) atoms. The van der Waals surface area contributed by atoms with Gasteiger partial charge in [0.1, 0.15) is 24.1 Å². The van der Waals surface area contributed by atoms with E-state index < -0.39 is 5.79 Å². The topological polar surface area (TPSA) is 65.7 Å². The largest absolute Gasteiger partial charge is 0.508 e. The SMILES string of the molecule is Cc1cn([C@@H]2O[C@@H](c3ccc(O)cc3)[C@@H]3OC(C)(C)O[C@@H]32)cn1. The van der Waals surface area contributed by atoms with E-state index in [1.165, 1.54) is 0 Å². The van der Waals surface area contributed by atoms with Gasteiger partial charge in [0.15, 0.2) is 12.0 Å². The van der Waals surface area contributed by atoms with Crippen LogP contribution in [0.2, 0.25) is 0 Å². The van der Waals surface area contributed by atoms with Crippen molar-refractivity contribution in [2.24, 2.45) is 0 Å². The average molecular weight is 316 g/mol. The molecule has 6 heteroatoms. The van der Waals surface area contributed by atoms with Crippen molar-refractivity contribution in [1.82, 2.24) is 9.55 Å². The van der Waals surface area contributed by atoms with Crippen LogP contribution in [0.15, 0.2) is 36.8 Å². The number of aromatic nitrogens is 2. The molecule has 4 rings (SSSR count). The van der Waals surface area contributed by atoms with Crippen LogP contribution < -0.4 is 0 Å². The van der Waals surface area contributed by atoms with Gasteiger partial charge in [-0.05, 0) is 38.5 Å². The van der Waals surface area contributed by atoms with Crippen molar-refractivity contribution in [2.45, 2.75) is 51.1 Å². The van der Waals surface area contributed by atoms with E-state index in [4.69, 9.17) is 14.2 Å². The number of imidazole rings is 1. The van der Waals surface area contributed by atoms with E-state index in [1.54, 1.807) is 18.5 Å². The Labute approximate surface area is 134 Å². The number of nitrogens with zero attached hydrogens (tertiary/aromatic N) is 2. The summed E-state index contributed by atoms with van der Waals surface area (Å²) in [5, 5.41) is 9.49. The van der Waals surface area contributed by atoms with Gasteiger partial charge in [-0.3, -0.25) is 0 Å². The minimum absolute atomic E-state index is 0.206. The third-order valence-electron chi connectivity index (χ3n) is 4.28. The minimum atomic E-state index is -0.651. The van der Waals surface area contributed by atoms with Gasteiger partial charge in [-0.2, -0.15) is 0 Å². The maximum absolute atomic E-state index is 9.49. The number of ether oxygens (including phenoxy) is 3. The molecule has 1 aromatic carbocycles. The predicted molar refractivity (Wildman–Crippen MR) is 81.8 cm³/mol. The van der Waals surface area contributed by atoms with Crippen LogP contribution in [0.25, 0.3) is 0 Å². The summed E-state index contributed by atoms with van der Waals surface area (Å²) in [7, 11) is 0. The molecule has 1 aromatic heterocycles. The Morgan fingerprint density at radius 1 is 1.13 bits per heavy atom. The lowest BCUT2D eigenvalue weighted by atomic mass is 10.0. The van der Waals surface area contributed by atoms with Gasteiger partial charge in [-0.15, -0.1) is 0 Å². The van der Waals surface area contributed by atoms with Crippen LogP contribution in [0.1, 0.15) is 37.4 Å². The highest BCUT2D eigenvalue weighted by Crippen LogP contribution is 2.48. The maximum Gasteiger partial charge on any atom is 0.164 e. The van der Waals surface area contributed by atoms with Gasteiger partial charge in [-0.25, -0.2) is 4.98 Å². The van der Waals surface area contributed by atoms with Crippen molar-refractivity contribution in [2.75, 3.05) is 0 Å². The Hall–Kier alpha value is -1.89. The zero-order chi connectivity index (χ0) is 16.2. The first-order valence-electron chi connectivity index (χ1n) is 7.73. The molecule has 122 valence electrons. The Bertz CT molecular complexity index is 710. The summed E-state index contributed by atoms with van der Waals surface area (Å²) >= 11 is 0. The van der Waals surface area contributed by atoms with Crippen molar-refractivity contribution in [1.29, 1.82) is 0 Å². The van der Waals surface area contributed by atoms with Crippen LogP contribution in [0.5, 0.6) is 5.75 Å². The first-order valence-corrected chi connectivity index (χ1v) is 7.73. The number of phenolic OH excluding ortho intramolecular Hbond substituents is 1. The number of rotatable bonds is 2. The quantitative estimate of drug-likeness (QED) is 0.923. The molecular formula is C17H20N2O4. The van der Waals surface area contributed by atoms with Crippen LogP contribution in [-0.4, -0.2) is 32.7 Å². The normalized spacial score (nSPS) is 32.1. The summed E-state index contributed by atoms with van der Waals surface area (Å²) in [6.45, 7) is 5.77. The molecular weight excluding hydrogens is 296 g/mol. The van der Waals surface area contributed by atoms with E-state index in [-0.39, 0.29) is 30.3 Å². The lowest BCUT2D eigenvalue weighted by Crippen LogP contribution is -2.27. The summed E-state index contributed by atoms with van der Waals surface area (Å²) in [5.74, 6) is -0.420. The lowest BCUT2D eigenvalue weighted by molar-refractivity contribution is -0.197. The summed E-state index contributed by atoms with van der Waals surface area (Å²) in [6, 6.07) is 7.02. The second-order valence-electron chi connectivity index (χ2n) is 6.57. The molecule has 4 atom stereocenters. The van der Waals surface area contributed by atoms with Crippen molar-refractivity contribution >= 4 is 0 Å². The van der Waals surface area contributed by atoms with Gasteiger partial charge in [0.25, 0.3) is 0 Å². The minimum Gasteiger partial charge on any atom is -0.508 e. The van der Waals surface area contributed by atoms with E-state index in [9.17, 15) is 5.11 Å². The van der Waals surface area contributed by atoms with Crippen molar-refractivity contribution in [3.8, 4) is 5.75 Å². The number of fused-ring (bicyclic) bond motifs is 1. The summed E-state index contributed by atoms with van der Waals surface area (Å²) in [5.41, 5.74) is 1.88. The molecule has 0 unspecified atom stereocenters. The Kier molecular flexibility index (Phi) is 3.23. The fourth-order valence-electron chi connectivity index (χ4n) is 3.33. The number of phenols is 1. The second-order valence-corrected chi connectivity index (χ2v) is 6.57. The number of aromatic hydroxyl groups is 1. The van der Waals surface area contributed by atoms with Gasteiger partial charge in [0.2, 0.25) is 0 Å². The predicted octanol–water partition coefficient (Wildman–Crippen LogP) is 2.69. The monoisotopic (exact) mass is 316 g/mol. The Balaban J connectivity index is 1.69.